The highest BCUT2D eigenvalue weighted by atomic mass is 19.1. The average molecular weight is 513 g/mol. The van der Waals surface area contributed by atoms with Gasteiger partial charge in [0.25, 0.3) is 5.97 Å². The summed E-state index contributed by atoms with van der Waals surface area (Å²) in [6, 6.07) is 3.88. The smallest absolute Gasteiger partial charge is 0.285 e. The number of unbranched alkanes of at least 4 members (excludes halogenated alkanes) is 8. The van der Waals surface area contributed by atoms with E-state index in [1.54, 1.807) is 6.07 Å². The van der Waals surface area contributed by atoms with Gasteiger partial charge in [0, 0.05) is 12.0 Å². The summed E-state index contributed by atoms with van der Waals surface area (Å²) in [6.45, 7) is 10.5. The molecule has 1 aromatic carbocycles. The minimum absolute atomic E-state index is 0.197. The van der Waals surface area contributed by atoms with E-state index in [1.165, 1.54) is 44.6 Å². The Labute approximate surface area is 220 Å². The summed E-state index contributed by atoms with van der Waals surface area (Å²) in [7, 11) is 0. The number of benzene rings is 1. The van der Waals surface area contributed by atoms with E-state index in [0.717, 1.165) is 63.9 Å². The molecule has 0 saturated heterocycles. The van der Waals surface area contributed by atoms with Crippen molar-refractivity contribution in [2.24, 2.45) is 5.92 Å². The van der Waals surface area contributed by atoms with Crippen molar-refractivity contribution in [2.45, 2.75) is 136 Å². The molecule has 36 heavy (non-hydrogen) atoms. The van der Waals surface area contributed by atoms with Gasteiger partial charge in [0.15, 0.2) is 0 Å². The first-order chi connectivity index (χ1) is 17.5. The molecule has 0 aliphatic rings. The highest BCUT2D eigenvalue weighted by Crippen LogP contribution is 2.35. The lowest BCUT2D eigenvalue weighted by atomic mass is 9.91. The Morgan fingerprint density at radius 1 is 0.639 bits per heavy atom. The third-order valence-electron chi connectivity index (χ3n) is 6.69. The summed E-state index contributed by atoms with van der Waals surface area (Å²) >= 11 is 0. The summed E-state index contributed by atoms with van der Waals surface area (Å²) < 4.78 is 46.2. The van der Waals surface area contributed by atoms with Gasteiger partial charge in [-0.1, -0.05) is 91.5 Å². The Morgan fingerprint density at radius 2 is 1.14 bits per heavy atom. The van der Waals surface area contributed by atoms with Crippen LogP contribution in [0.2, 0.25) is 0 Å². The van der Waals surface area contributed by atoms with Gasteiger partial charge in [-0.05, 0) is 56.6 Å². The molecule has 0 aliphatic carbocycles. The number of halogens is 2. The Balaban J connectivity index is 2.72. The largest absolute Gasteiger partial charge is 0.327 e. The number of hydrogen-bond donors (Lipinski definition) is 0. The van der Waals surface area contributed by atoms with Crippen LogP contribution in [0.1, 0.15) is 130 Å². The zero-order chi connectivity index (χ0) is 26.5. The molecule has 0 heterocycles. The van der Waals surface area contributed by atoms with Crippen molar-refractivity contribution < 1.29 is 23.0 Å². The Kier molecular flexibility index (Phi) is 19.2. The summed E-state index contributed by atoms with van der Waals surface area (Å²) in [6.07, 6.45) is 17.1. The van der Waals surface area contributed by atoms with Gasteiger partial charge in [-0.15, -0.1) is 0 Å². The van der Waals surface area contributed by atoms with Crippen LogP contribution in [0.15, 0.2) is 18.2 Å². The van der Waals surface area contributed by atoms with Crippen LogP contribution in [-0.4, -0.2) is 25.8 Å². The van der Waals surface area contributed by atoms with Crippen molar-refractivity contribution in [1.29, 1.82) is 0 Å². The minimum Gasteiger partial charge on any atom is -0.327 e. The van der Waals surface area contributed by atoms with Crippen molar-refractivity contribution >= 4 is 0 Å². The normalized spacial score (nSPS) is 12.8. The van der Waals surface area contributed by atoms with Crippen molar-refractivity contribution in [3.8, 4) is 0 Å². The van der Waals surface area contributed by atoms with Crippen LogP contribution >= 0.6 is 0 Å². The highest BCUT2D eigenvalue weighted by molar-refractivity contribution is 5.18. The SMILES string of the molecule is CCCCCCCCC(CCCCCCc1ccc(F)cc1F)C(OCCC)(OCCC)OCCC. The van der Waals surface area contributed by atoms with Crippen LogP contribution in [-0.2, 0) is 20.6 Å². The molecule has 210 valence electrons. The monoisotopic (exact) mass is 512 g/mol. The zero-order valence-corrected chi connectivity index (χ0v) is 23.7. The number of rotatable bonds is 24. The van der Waals surface area contributed by atoms with E-state index in [4.69, 9.17) is 14.2 Å². The third kappa shape index (κ3) is 13.5. The number of aryl methyl sites for hydroxylation is 1. The summed E-state index contributed by atoms with van der Waals surface area (Å²) in [5, 5.41) is 0. The van der Waals surface area contributed by atoms with Crippen LogP contribution in [0.5, 0.6) is 0 Å². The molecule has 1 rings (SSSR count). The molecule has 1 atom stereocenters. The predicted molar refractivity (Wildman–Crippen MR) is 146 cm³/mol. The van der Waals surface area contributed by atoms with Gasteiger partial charge in [-0.2, -0.15) is 0 Å². The van der Waals surface area contributed by atoms with Crippen LogP contribution < -0.4 is 0 Å². The average Bonchev–Trinajstić information content (AvgIpc) is 2.87. The van der Waals surface area contributed by atoms with Crippen molar-refractivity contribution in [1.82, 2.24) is 0 Å². The fourth-order valence-electron chi connectivity index (χ4n) is 4.66. The minimum atomic E-state index is -0.956. The van der Waals surface area contributed by atoms with Gasteiger partial charge in [-0.25, -0.2) is 8.78 Å². The van der Waals surface area contributed by atoms with E-state index in [-0.39, 0.29) is 5.92 Å². The van der Waals surface area contributed by atoms with Crippen molar-refractivity contribution in [3.63, 3.8) is 0 Å². The van der Waals surface area contributed by atoms with E-state index in [2.05, 4.69) is 27.7 Å². The molecule has 1 aromatic rings. The molecule has 0 fully saturated rings. The Bertz CT molecular complexity index is 631. The van der Waals surface area contributed by atoms with E-state index in [1.807, 2.05) is 0 Å². The van der Waals surface area contributed by atoms with Crippen molar-refractivity contribution in [3.05, 3.63) is 35.4 Å². The lowest BCUT2D eigenvalue weighted by Crippen LogP contribution is -2.47. The van der Waals surface area contributed by atoms with Gasteiger partial charge in [0.1, 0.15) is 11.6 Å². The molecule has 0 aromatic heterocycles. The molecule has 0 aliphatic heterocycles. The van der Waals surface area contributed by atoms with E-state index in [9.17, 15) is 8.78 Å². The zero-order valence-electron chi connectivity index (χ0n) is 23.7. The fourth-order valence-corrected chi connectivity index (χ4v) is 4.66. The molecule has 0 amide bonds. The van der Waals surface area contributed by atoms with Crippen LogP contribution in [0, 0.1) is 17.6 Å². The second-order valence-electron chi connectivity index (χ2n) is 10.1. The van der Waals surface area contributed by atoms with Gasteiger partial charge in [0.2, 0.25) is 0 Å². The van der Waals surface area contributed by atoms with Gasteiger partial charge >= 0.3 is 0 Å². The van der Waals surface area contributed by atoms with Crippen molar-refractivity contribution in [2.75, 3.05) is 19.8 Å². The molecule has 1 unspecified atom stereocenters. The molecule has 0 N–H and O–H groups in total. The van der Waals surface area contributed by atoms with Crippen LogP contribution in [0.3, 0.4) is 0 Å². The van der Waals surface area contributed by atoms with Crippen LogP contribution in [0.4, 0.5) is 8.78 Å². The van der Waals surface area contributed by atoms with E-state index < -0.39 is 17.6 Å². The molecule has 5 heteroatoms. The first-order valence-electron chi connectivity index (χ1n) is 14.9. The highest BCUT2D eigenvalue weighted by Gasteiger charge is 2.41. The molecule has 0 bridgehead atoms. The summed E-state index contributed by atoms with van der Waals surface area (Å²) in [5.74, 6) is -1.71. The van der Waals surface area contributed by atoms with E-state index in [0.29, 0.717) is 31.8 Å². The Morgan fingerprint density at radius 3 is 1.64 bits per heavy atom. The maximum Gasteiger partial charge on any atom is 0.285 e. The van der Waals surface area contributed by atoms with Gasteiger partial charge < -0.3 is 14.2 Å². The second kappa shape index (κ2) is 21.0. The Hall–Kier alpha value is -1.04. The molecule has 3 nitrogen and oxygen atoms in total. The lowest BCUT2D eigenvalue weighted by molar-refractivity contribution is -0.406. The lowest BCUT2D eigenvalue weighted by Gasteiger charge is -2.40. The van der Waals surface area contributed by atoms with Gasteiger partial charge in [0.05, 0.1) is 19.8 Å². The molecular weight excluding hydrogens is 458 g/mol. The molecule has 0 saturated carbocycles. The maximum absolute atomic E-state index is 13.9. The quantitative estimate of drug-likeness (QED) is 0.102. The topological polar surface area (TPSA) is 27.7 Å². The summed E-state index contributed by atoms with van der Waals surface area (Å²) in [4.78, 5) is 0. The maximum atomic E-state index is 13.9. The third-order valence-corrected chi connectivity index (χ3v) is 6.69. The molecular formula is C31H54F2O3. The number of hydrogen-bond acceptors (Lipinski definition) is 3. The van der Waals surface area contributed by atoms with Gasteiger partial charge in [-0.3, -0.25) is 0 Å². The first-order valence-corrected chi connectivity index (χ1v) is 14.9. The summed E-state index contributed by atoms with van der Waals surface area (Å²) in [5.41, 5.74) is 0.602. The van der Waals surface area contributed by atoms with Crippen LogP contribution in [0.25, 0.3) is 0 Å². The second-order valence-corrected chi connectivity index (χ2v) is 10.1. The molecule has 0 spiro atoms. The first kappa shape index (κ1) is 33.0. The predicted octanol–water partition coefficient (Wildman–Crippen LogP) is 9.76. The molecule has 0 radical (unpaired) electrons. The fraction of sp³-hybridized carbons (Fsp3) is 0.806. The standard InChI is InChI=1S/C31H54F2O3/c1-5-9-10-11-12-16-19-28(31(34-23-6-2,35-24-7-3)36-25-8-4)20-17-14-13-15-18-27-21-22-29(32)26-30(27)33/h21-22,26,28H,5-20,23-25H2,1-4H3. The number of ether oxygens (including phenoxy) is 3. The van der Waals surface area contributed by atoms with E-state index >= 15 is 0 Å².